The predicted molar refractivity (Wildman–Crippen MR) is 42.9 cm³/mol. The quantitative estimate of drug-likeness (QED) is 0.552. The smallest absolute Gasteiger partial charge is 0.191 e. The second kappa shape index (κ2) is 4.23. The lowest BCUT2D eigenvalue weighted by atomic mass is 10.2. The first-order valence-corrected chi connectivity index (χ1v) is 3.99. The maximum absolute atomic E-state index is 8.14. The maximum Gasteiger partial charge on any atom is 0.191 e. The van der Waals surface area contributed by atoms with Crippen LogP contribution in [0, 0.1) is 6.92 Å². The van der Waals surface area contributed by atoms with Gasteiger partial charge in [-0.3, -0.25) is 5.26 Å². The molecule has 0 aromatic carbocycles. The van der Waals surface area contributed by atoms with E-state index in [1.54, 1.807) is 0 Å². The van der Waals surface area contributed by atoms with Crippen LogP contribution in [0.15, 0.2) is 4.42 Å². The largest absolute Gasteiger partial charge is 0.446 e. The Labute approximate surface area is 71.1 Å². The minimum absolute atomic E-state index is 0.252. The summed E-state index contributed by atoms with van der Waals surface area (Å²) in [5.74, 6) is 1.48. The molecule has 0 spiro atoms. The highest BCUT2D eigenvalue weighted by atomic mass is 17.1. The zero-order valence-corrected chi connectivity index (χ0v) is 7.33. The average Bonchev–Trinajstić information content (AvgIpc) is 2.42. The average molecular weight is 171 g/mol. The molecule has 0 aliphatic rings. The molecule has 0 saturated carbocycles. The van der Waals surface area contributed by atoms with Crippen molar-refractivity contribution in [3.63, 3.8) is 0 Å². The van der Waals surface area contributed by atoms with E-state index in [1.165, 1.54) is 0 Å². The number of hydrogen-bond donors (Lipinski definition) is 1. The molecule has 0 aliphatic heterocycles. The van der Waals surface area contributed by atoms with Crippen LogP contribution in [0.1, 0.15) is 24.3 Å². The number of oxazole rings is 1. The third-order valence-electron chi connectivity index (χ3n) is 1.64. The molecule has 4 nitrogen and oxygen atoms in total. The Morgan fingerprint density at radius 2 is 2.33 bits per heavy atom. The predicted octanol–water partition coefficient (Wildman–Crippen LogP) is 1.58. The van der Waals surface area contributed by atoms with Crippen LogP contribution in [0.4, 0.5) is 0 Å². The van der Waals surface area contributed by atoms with Gasteiger partial charge in [0.25, 0.3) is 0 Å². The van der Waals surface area contributed by atoms with Crippen LogP contribution in [-0.4, -0.2) is 16.8 Å². The molecule has 1 rings (SSSR count). The zero-order valence-electron chi connectivity index (χ0n) is 7.33. The van der Waals surface area contributed by atoms with Gasteiger partial charge in [0.15, 0.2) is 5.89 Å². The van der Waals surface area contributed by atoms with Gasteiger partial charge in [-0.05, 0) is 6.42 Å². The zero-order chi connectivity index (χ0) is 8.97. The first-order chi connectivity index (χ1) is 5.77. The summed E-state index contributed by atoms with van der Waals surface area (Å²) in [7, 11) is 0. The van der Waals surface area contributed by atoms with Crippen LogP contribution < -0.4 is 0 Å². The second-order valence-corrected chi connectivity index (χ2v) is 2.54. The molecule has 1 heterocycles. The second-order valence-electron chi connectivity index (χ2n) is 2.54. The molecule has 0 amide bonds. The van der Waals surface area contributed by atoms with Crippen molar-refractivity contribution < 1.29 is 14.6 Å². The lowest BCUT2D eigenvalue weighted by Gasteiger charge is -1.95. The topological polar surface area (TPSA) is 55.5 Å². The molecular formula is C8H13NO3. The molecule has 4 heteroatoms. The van der Waals surface area contributed by atoms with Gasteiger partial charge in [0, 0.05) is 13.3 Å². The van der Waals surface area contributed by atoms with E-state index < -0.39 is 0 Å². The summed E-state index contributed by atoms with van der Waals surface area (Å²) in [5.41, 5.74) is 0.949. The Morgan fingerprint density at radius 3 is 2.92 bits per heavy atom. The van der Waals surface area contributed by atoms with Crippen molar-refractivity contribution in [2.24, 2.45) is 0 Å². The molecular weight excluding hydrogens is 158 g/mol. The summed E-state index contributed by atoms with van der Waals surface area (Å²) in [6.07, 6.45) is 1.42. The minimum atomic E-state index is 0.252. The van der Waals surface area contributed by atoms with E-state index in [9.17, 15) is 0 Å². The highest BCUT2D eigenvalue weighted by molar-refractivity contribution is 5.09. The number of aryl methyl sites for hydroxylation is 2. The molecule has 0 bridgehead atoms. The SMILES string of the molecule is CCc1nc(C)oc1CCOO. The normalized spacial score (nSPS) is 10.6. The van der Waals surface area contributed by atoms with Crippen LogP contribution in [0.5, 0.6) is 0 Å². The standard InChI is InChI=1S/C8H13NO3/c1-3-7-8(4-5-11-10)12-6(2)9-7/h10H,3-5H2,1-2H3. The monoisotopic (exact) mass is 171 g/mol. The molecule has 0 unspecified atom stereocenters. The molecule has 1 aromatic heterocycles. The molecule has 12 heavy (non-hydrogen) atoms. The van der Waals surface area contributed by atoms with E-state index in [0.29, 0.717) is 12.3 Å². The summed E-state index contributed by atoms with van der Waals surface area (Å²) in [4.78, 5) is 8.14. The first kappa shape index (κ1) is 9.22. The Balaban J connectivity index is 2.68. The molecule has 0 fully saturated rings. The first-order valence-electron chi connectivity index (χ1n) is 3.99. The number of hydrogen-bond acceptors (Lipinski definition) is 4. The van der Waals surface area contributed by atoms with Crippen molar-refractivity contribution in [1.29, 1.82) is 0 Å². The highest BCUT2D eigenvalue weighted by Crippen LogP contribution is 2.11. The van der Waals surface area contributed by atoms with Crippen molar-refractivity contribution in [3.05, 3.63) is 17.3 Å². The summed E-state index contributed by atoms with van der Waals surface area (Å²) >= 11 is 0. The van der Waals surface area contributed by atoms with E-state index in [-0.39, 0.29) is 6.61 Å². The number of rotatable bonds is 4. The van der Waals surface area contributed by atoms with Crippen molar-refractivity contribution >= 4 is 0 Å². The molecule has 0 saturated heterocycles. The van der Waals surface area contributed by atoms with Gasteiger partial charge in [0.05, 0.1) is 12.3 Å². The van der Waals surface area contributed by atoms with Crippen molar-refractivity contribution in [3.8, 4) is 0 Å². The Bertz CT molecular complexity index is 244. The minimum Gasteiger partial charge on any atom is -0.446 e. The van der Waals surface area contributed by atoms with Gasteiger partial charge < -0.3 is 4.42 Å². The molecule has 0 radical (unpaired) electrons. The van der Waals surface area contributed by atoms with Gasteiger partial charge in [-0.15, -0.1) is 0 Å². The summed E-state index contributed by atoms with van der Waals surface area (Å²) in [6, 6.07) is 0. The fraction of sp³-hybridized carbons (Fsp3) is 0.625. The summed E-state index contributed by atoms with van der Waals surface area (Å²) in [5, 5.41) is 8.14. The Kier molecular flexibility index (Phi) is 3.25. The molecule has 68 valence electrons. The van der Waals surface area contributed by atoms with Crippen LogP contribution in [0.25, 0.3) is 0 Å². The van der Waals surface area contributed by atoms with Gasteiger partial charge in [-0.25, -0.2) is 9.87 Å². The maximum atomic E-state index is 8.14. The van der Waals surface area contributed by atoms with Crippen molar-refractivity contribution in [2.75, 3.05) is 6.61 Å². The fourth-order valence-corrected chi connectivity index (χ4v) is 1.12. The van der Waals surface area contributed by atoms with Crippen LogP contribution >= 0.6 is 0 Å². The molecule has 0 atom stereocenters. The highest BCUT2D eigenvalue weighted by Gasteiger charge is 2.08. The van der Waals surface area contributed by atoms with Crippen molar-refractivity contribution in [1.82, 2.24) is 4.98 Å². The fourth-order valence-electron chi connectivity index (χ4n) is 1.12. The third kappa shape index (κ3) is 2.06. The van der Waals surface area contributed by atoms with Crippen LogP contribution in [-0.2, 0) is 17.7 Å². The lowest BCUT2D eigenvalue weighted by Crippen LogP contribution is -1.96. The van der Waals surface area contributed by atoms with Crippen LogP contribution in [0.2, 0.25) is 0 Å². The van der Waals surface area contributed by atoms with E-state index in [0.717, 1.165) is 17.9 Å². The summed E-state index contributed by atoms with van der Waals surface area (Å²) < 4.78 is 5.31. The van der Waals surface area contributed by atoms with E-state index in [1.807, 2.05) is 13.8 Å². The van der Waals surface area contributed by atoms with Gasteiger partial charge >= 0.3 is 0 Å². The van der Waals surface area contributed by atoms with Gasteiger partial charge in [0.2, 0.25) is 0 Å². The lowest BCUT2D eigenvalue weighted by molar-refractivity contribution is -0.241. The summed E-state index contributed by atoms with van der Waals surface area (Å²) in [6.45, 7) is 4.07. The van der Waals surface area contributed by atoms with E-state index in [2.05, 4.69) is 9.87 Å². The van der Waals surface area contributed by atoms with Crippen molar-refractivity contribution in [2.45, 2.75) is 26.7 Å². The van der Waals surface area contributed by atoms with Gasteiger partial charge in [0.1, 0.15) is 5.76 Å². The number of nitrogens with zero attached hydrogens (tertiary/aromatic N) is 1. The Morgan fingerprint density at radius 1 is 1.58 bits per heavy atom. The van der Waals surface area contributed by atoms with Crippen LogP contribution in [0.3, 0.4) is 0 Å². The Hall–Kier alpha value is -0.870. The molecule has 0 aliphatic carbocycles. The van der Waals surface area contributed by atoms with Gasteiger partial charge in [-0.1, -0.05) is 6.92 Å². The molecule has 1 aromatic rings. The molecule has 1 N–H and O–H groups in total. The van der Waals surface area contributed by atoms with Gasteiger partial charge in [-0.2, -0.15) is 0 Å². The van der Waals surface area contributed by atoms with E-state index >= 15 is 0 Å². The van der Waals surface area contributed by atoms with E-state index in [4.69, 9.17) is 9.67 Å². The number of aromatic nitrogens is 1. The third-order valence-corrected chi connectivity index (χ3v) is 1.64.